The van der Waals surface area contributed by atoms with Crippen molar-refractivity contribution in [2.45, 2.75) is 5.92 Å². The van der Waals surface area contributed by atoms with Gasteiger partial charge in [0.05, 0.1) is 0 Å². The molecule has 88 valence electrons. The van der Waals surface area contributed by atoms with Gasteiger partial charge in [0.25, 0.3) is 5.92 Å². The first kappa shape index (κ1) is 11.9. The van der Waals surface area contributed by atoms with Crippen LogP contribution in [0.25, 0.3) is 0 Å². The summed E-state index contributed by atoms with van der Waals surface area (Å²) in [5.74, 6) is -3.77. The molecule has 0 unspecified atom stereocenters. The largest absolute Gasteiger partial charge is 0.299 e. The van der Waals surface area contributed by atoms with E-state index in [4.69, 9.17) is 11.6 Å². The van der Waals surface area contributed by atoms with Gasteiger partial charge in [-0.05, 0) is 36.4 Å². The first-order valence-corrected chi connectivity index (χ1v) is 5.14. The van der Waals surface area contributed by atoms with Crippen molar-refractivity contribution in [3.8, 4) is 0 Å². The second-order valence-corrected chi connectivity index (χ2v) is 3.84. The Morgan fingerprint density at radius 2 is 1.53 bits per heavy atom. The molecule has 5 heteroatoms. The number of hydrogen-bond donors (Lipinski definition) is 0. The minimum atomic E-state index is -3.22. The lowest BCUT2D eigenvalue weighted by atomic mass is 10.0. The molecule has 1 aromatic carbocycles. The molecule has 0 amide bonds. The molecule has 0 aliphatic carbocycles. The maximum atomic E-state index is 13.9. The monoisotopic (exact) mass is 257 g/mol. The van der Waals surface area contributed by atoms with Crippen LogP contribution in [0, 0.1) is 5.82 Å². The van der Waals surface area contributed by atoms with Gasteiger partial charge in [-0.2, -0.15) is 8.78 Å². The molecule has 2 aromatic rings. The van der Waals surface area contributed by atoms with Crippen LogP contribution in [-0.2, 0) is 5.92 Å². The molecule has 17 heavy (non-hydrogen) atoms. The predicted octanol–water partition coefficient (Wildman–Crippen LogP) is 4.01. The van der Waals surface area contributed by atoms with E-state index in [9.17, 15) is 13.2 Å². The molecule has 0 bridgehead atoms. The lowest BCUT2D eigenvalue weighted by Crippen LogP contribution is -2.15. The van der Waals surface area contributed by atoms with Crippen molar-refractivity contribution in [1.29, 1.82) is 0 Å². The number of aromatic nitrogens is 1. The highest BCUT2D eigenvalue weighted by atomic mass is 35.5. The van der Waals surface area contributed by atoms with Crippen molar-refractivity contribution in [1.82, 2.24) is 4.98 Å². The van der Waals surface area contributed by atoms with Crippen molar-refractivity contribution in [3.63, 3.8) is 0 Å². The molecule has 0 atom stereocenters. The fraction of sp³-hybridized carbons (Fsp3) is 0.0833. The van der Waals surface area contributed by atoms with E-state index in [2.05, 4.69) is 4.98 Å². The number of rotatable bonds is 2. The van der Waals surface area contributed by atoms with E-state index < -0.39 is 11.7 Å². The van der Waals surface area contributed by atoms with Gasteiger partial charge in [0.2, 0.25) is 0 Å². The molecule has 0 aliphatic heterocycles. The molecule has 1 heterocycles. The molecular weight excluding hydrogens is 251 g/mol. The van der Waals surface area contributed by atoms with Crippen LogP contribution >= 0.6 is 11.6 Å². The maximum absolute atomic E-state index is 13.9. The average molecular weight is 258 g/mol. The van der Waals surface area contributed by atoms with Gasteiger partial charge in [-0.25, -0.2) is 9.37 Å². The molecule has 0 spiro atoms. The zero-order valence-corrected chi connectivity index (χ0v) is 9.26. The van der Waals surface area contributed by atoms with Gasteiger partial charge >= 0.3 is 0 Å². The zero-order chi connectivity index (χ0) is 12.5. The van der Waals surface area contributed by atoms with Crippen molar-refractivity contribution in [2.75, 3.05) is 0 Å². The fourth-order valence-corrected chi connectivity index (χ4v) is 1.50. The lowest BCUT2D eigenvalue weighted by molar-refractivity contribution is 0.0424. The highest BCUT2D eigenvalue weighted by Crippen LogP contribution is 2.35. The number of nitrogens with zero attached hydrogens (tertiary/aromatic N) is 1. The Bertz CT molecular complexity index is 461. The highest BCUT2D eigenvalue weighted by molar-refractivity contribution is 6.29. The van der Waals surface area contributed by atoms with E-state index in [1.165, 1.54) is 12.1 Å². The zero-order valence-electron chi connectivity index (χ0n) is 8.50. The summed E-state index contributed by atoms with van der Waals surface area (Å²) >= 11 is 5.52. The Morgan fingerprint density at radius 1 is 0.941 bits per heavy atom. The molecule has 0 saturated carbocycles. The van der Waals surface area contributed by atoms with Crippen LogP contribution in [0.1, 0.15) is 11.1 Å². The van der Waals surface area contributed by atoms with Gasteiger partial charge in [-0.1, -0.05) is 11.6 Å². The van der Waals surface area contributed by atoms with Crippen LogP contribution in [0.15, 0.2) is 42.6 Å². The number of alkyl halides is 2. The van der Waals surface area contributed by atoms with Gasteiger partial charge < -0.3 is 0 Å². The van der Waals surface area contributed by atoms with Gasteiger partial charge in [-0.3, -0.25) is 0 Å². The molecule has 2 rings (SSSR count). The van der Waals surface area contributed by atoms with E-state index in [0.29, 0.717) is 0 Å². The van der Waals surface area contributed by atoms with E-state index in [0.717, 1.165) is 30.5 Å². The van der Waals surface area contributed by atoms with Gasteiger partial charge in [-0.15, -0.1) is 0 Å². The third kappa shape index (κ3) is 2.42. The molecule has 1 aromatic heterocycles. The first-order valence-electron chi connectivity index (χ1n) is 4.76. The molecule has 1 nitrogen and oxygen atoms in total. The SMILES string of the molecule is Fc1ccc(C(F)(F)c2ccc(Cl)nc2)cc1. The number of benzene rings is 1. The summed E-state index contributed by atoms with van der Waals surface area (Å²) in [7, 11) is 0. The minimum Gasteiger partial charge on any atom is -0.244 e. The van der Waals surface area contributed by atoms with Crippen LogP contribution in [0.4, 0.5) is 13.2 Å². The average Bonchev–Trinajstić information content (AvgIpc) is 2.30. The number of halogens is 4. The highest BCUT2D eigenvalue weighted by Gasteiger charge is 2.34. The first-order chi connectivity index (χ1) is 8.00. The van der Waals surface area contributed by atoms with Crippen LogP contribution in [0.2, 0.25) is 5.15 Å². The second-order valence-electron chi connectivity index (χ2n) is 3.45. The standard InChI is InChI=1S/C12H7ClF3N/c13-11-6-3-9(7-17-11)12(15,16)8-1-4-10(14)5-2-8/h1-7H. The summed E-state index contributed by atoms with van der Waals surface area (Å²) in [5.41, 5.74) is -0.573. The van der Waals surface area contributed by atoms with Crippen LogP contribution < -0.4 is 0 Å². The number of pyridine rings is 1. The molecule has 0 radical (unpaired) electrons. The summed E-state index contributed by atoms with van der Waals surface area (Å²) in [4.78, 5) is 3.60. The molecule has 0 fully saturated rings. The Kier molecular flexibility index (Phi) is 3.07. The minimum absolute atomic E-state index is 0.142. The quantitative estimate of drug-likeness (QED) is 0.741. The Hall–Kier alpha value is -1.55. The molecule has 0 aliphatic rings. The van der Waals surface area contributed by atoms with E-state index in [1.54, 1.807) is 0 Å². The lowest BCUT2D eigenvalue weighted by Gasteiger charge is -2.16. The Balaban J connectivity index is 2.41. The van der Waals surface area contributed by atoms with Crippen molar-refractivity contribution in [2.24, 2.45) is 0 Å². The van der Waals surface area contributed by atoms with Gasteiger partial charge in [0, 0.05) is 17.3 Å². The second kappa shape index (κ2) is 4.37. The fourth-order valence-electron chi connectivity index (χ4n) is 1.39. The van der Waals surface area contributed by atoms with E-state index in [1.807, 2.05) is 0 Å². The van der Waals surface area contributed by atoms with Crippen LogP contribution in [0.5, 0.6) is 0 Å². The van der Waals surface area contributed by atoms with Crippen LogP contribution in [-0.4, -0.2) is 4.98 Å². The van der Waals surface area contributed by atoms with Gasteiger partial charge in [0.15, 0.2) is 0 Å². The summed E-state index contributed by atoms with van der Waals surface area (Å²) in [6, 6.07) is 6.56. The summed E-state index contributed by atoms with van der Waals surface area (Å²) < 4.78 is 40.5. The maximum Gasteiger partial charge on any atom is 0.299 e. The predicted molar refractivity (Wildman–Crippen MR) is 58.6 cm³/mol. The summed E-state index contributed by atoms with van der Waals surface area (Å²) in [5, 5.41) is 0.142. The Morgan fingerprint density at radius 3 is 2.06 bits per heavy atom. The smallest absolute Gasteiger partial charge is 0.244 e. The molecular formula is C12H7ClF3N. The van der Waals surface area contributed by atoms with Crippen molar-refractivity contribution < 1.29 is 13.2 Å². The van der Waals surface area contributed by atoms with Crippen molar-refractivity contribution >= 4 is 11.6 Å². The molecule has 0 N–H and O–H groups in total. The van der Waals surface area contributed by atoms with E-state index in [-0.39, 0.29) is 16.3 Å². The van der Waals surface area contributed by atoms with Crippen LogP contribution in [0.3, 0.4) is 0 Å². The third-order valence-corrected chi connectivity index (χ3v) is 2.52. The Labute approximate surface area is 101 Å². The third-order valence-electron chi connectivity index (χ3n) is 2.30. The molecule has 0 saturated heterocycles. The van der Waals surface area contributed by atoms with Crippen molar-refractivity contribution in [3.05, 3.63) is 64.7 Å². The summed E-state index contributed by atoms with van der Waals surface area (Å²) in [6.45, 7) is 0. The van der Waals surface area contributed by atoms with Gasteiger partial charge in [0.1, 0.15) is 11.0 Å². The topological polar surface area (TPSA) is 12.9 Å². The summed E-state index contributed by atoms with van der Waals surface area (Å²) in [6.07, 6.45) is 1.01. The normalized spacial score (nSPS) is 11.5. The van der Waals surface area contributed by atoms with E-state index >= 15 is 0 Å². The number of hydrogen-bond acceptors (Lipinski definition) is 1.